The lowest BCUT2D eigenvalue weighted by atomic mass is 9.97. The monoisotopic (exact) mass is 435 g/mol. The van der Waals surface area contributed by atoms with Crippen molar-refractivity contribution in [1.82, 2.24) is 15.1 Å². The van der Waals surface area contributed by atoms with Gasteiger partial charge in [0.15, 0.2) is 0 Å². The van der Waals surface area contributed by atoms with Crippen LogP contribution in [0.15, 0.2) is 27.8 Å². The van der Waals surface area contributed by atoms with Crippen molar-refractivity contribution >= 4 is 23.6 Å². The summed E-state index contributed by atoms with van der Waals surface area (Å²) in [6.45, 7) is 3.26. The Morgan fingerprint density at radius 3 is 2.63 bits per heavy atom. The summed E-state index contributed by atoms with van der Waals surface area (Å²) in [5.74, 6) is 1.37. The Kier molecular flexibility index (Phi) is 7.56. The fraction of sp³-hybridized carbons (Fsp3) is 0.500. The Balaban J connectivity index is 1.54. The first-order chi connectivity index (χ1) is 14.5. The van der Waals surface area contributed by atoms with E-state index in [0.29, 0.717) is 60.7 Å². The van der Waals surface area contributed by atoms with Crippen LogP contribution in [0, 0.1) is 5.92 Å². The van der Waals surface area contributed by atoms with E-state index in [0.717, 1.165) is 0 Å². The number of hydrogen-bond acceptors (Lipinski definition) is 9. The fourth-order valence-corrected chi connectivity index (χ4v) is 3.86. The van der Waals surface area contributed by atoms with Crippen LogP contribution >= 0.6 is 11.8 Å². The molecule has 2 heterocycles. The van der Waals surface area contributed by atoms with Gasteiger partial charge in [-0.15, -0.1) is 10.2 Å². The van der Waals surface area contributed by atoms with E-state index in [-0.39, 0.29) is 23.5 Å². The van der Waals surface area contributed by atoms with E-state index in [9.17, 15) is 9.59 Å². The van der Waals surface area contributed by atoms with Gasteiger partial charge in [0.2, 0.25) is 5.91 Å². The van der Waals surface area contributed by atoms with Crippen molar-refractivity contribution < 1.29 is 28.2 Å². The predicted octanol–water partition coefficient (Wildman–Crippen LogP) is 2.65. The molecule has 0 spiro atoms. The molecule has 0 radical (unpaired) electrons. The summed E-state index contributed by atoms with van der Waals surface area (Å²) in [6.07, 6.45) is 1.24. The lowest BCUT2D eigenvalue weighted by molar-refractivity contribution is -0.151. The number of nitrogens with zero attached hydrogens (tertiary/aromatic N) is 3. The number of carbonyl (C=O) groups excluding carboxylic acids is 2. The van der Waals surface area contributed by atoms with E-state index in [1.165, 1.54) is 11.8 Å². The summed E-state index contributed by atoms with van der Waals surface area (Å²) in [4.78, 5) is 26.1. The van der Waals surface area contributed by atoms with Crippen molar-refractivity contribution in [3.63, 3.8) is 0 Å². The van der Waals surface area contributed by atoms with Crippen molar-refractivity contribution in [2.24, 2.45) is 5.92 Å². The van der Waals surface area contributed by atoms with E-state index < -0.39 is 0 Å². The van der Waals surface area contributed by atoms with Crippen LogP contribution in [-0.2, 0) is 14.3 Å². The molecule has 1 fully saturated rings. The Hall–Kier alpha value is -2.75. The number of thioether (sulfide) groups is 1. The molecule has 1 saturated heterocycles. The number of ether oxygens (including phenoxy) is 3. The number of benzene rings is 1. The molecule has 10 heteroatoms. The highest BCUT2D eigenvalue weighted by atomic mass is 32.2. The van der Waals surface area contributed by atoms with Crippen LogP contribution in [0.3, 0.4) is 0 Å². The molecule has 0 unspecified atom stereocenters. The third-order valence-electron chi connectivity index (χ3n) is 4.83. The molecule has 0 aliphatic carbocycles. The second-order valence-corrected chi connectivity index (χ2v) is 7.56. The minimum Gasteiger partial charge on any atom is -0.497 e. The molecule has 2 aromatic rings. The van der Waals surface area contributed by atoms with Gasteiger partial charge in [-0.3, -0.25) is 9.59 Å². The second kappa shape index (κ2) is 10.3. The molecule has 1 amide bonds. The molecule has 0 atom stereocenters. The van der Waals surface area contributed by atoms with Crippen molar-refractivity contribution in [3.8, 4) is 23.0 Å². The summed E-state index contributed by atoms with van der Waals surface area (Å²) in [6, 6.07) is 5.28. The third-order valence-corrected chi connectivity index (χ3v) is 5.64. The molecule has 0 bridgehead atoms. The third kappa shape index (κ3) is 5.24. The van der Waals surface area contributed by atoms with Gasteiger partial charge < -0.3 is 23.5 Å². The standard InChI is InChI=1S/C20H25N3O6S/c1-4-28-19(25)13-7-9-23(10-8-13)17(24)12-30-20-22-21-18(29-20)15-6-5-14(26-2)11-16(15)27-3/h5-6,11,13H,4,7-10,12H2,1-3H3. The summed E-state index contributed by atoms with van der Waals surface area (Å²) in [7, 11) is 3.13. The van der Waals surface area contributed by atoms with E-state index in [1.807, 2.05) is 0 Å². The van der Waals surface area contributed by atoms with Gasteiger partial charge in [0.25, 0.3) is 11.1 Å². The molecule has 3 rings (SSSR count). The Morgan fingerprint density at radius 1 is 1.20 bits per heavy atom. The highest BCUT2D eigenvalue weighted by Gasteiger charge is 2.28. The zero-order chi connectivity index (χ0) is 21.5. The molecular weight excluding hydrogens is 410 g/mol. The van der Waals surface area contributed by atoms with Crippen LogP contribution in [-0.4, -0.2) is 66.6 Å². The van der Waals surface area contributed by atoms with E-state index in [4.69, 9.17) is 18.6 Å². The number of carbonyl (C=O) groups is 2. The Morgan fingerprint density at radius 2 is 1.97 bits per heavy atom. The van der Waals surface area contributed by atoms with Crippen molar-refractivity contribution in [2.75, 3.05) is 39.7 Å². The van der Waals surface area contributed by atoms with Crippen LogP contribution < -0.4 is 9.47 Å². The minimum absolute atomic E-state index is 0.0240. The quantitative estimate of drug-likeness (QED) is 0.457. The van der Waals surface area contributed by atoms with Gasteiger partial charge in [0, 0.05) is 19.2 Å². The molecule has 1 aromatic heterocycles. The first-order valence-corrected chi connectivity index (χ1v) is 10.7. The molecule has 1 aliphatic heterocycles. The number of amides is 1. The van der Waals surface area contributed by atoms with Gasteiger partial charge in [-0.05, 0) is 31.9 Å². The highest BCUT2D eigenvalue weighted by Crippen LogP contribution is 2.33. The first-order valence-electron chi connectivity index (χ1n) is 9.68. The molecule has 0 saturated carbocycles. The normalized spacial score (nSPS) is 14.4. The fourth-order valence-electron chi connectivity index (χ4n) is 3.19. The smallest absolute Gasteiger partial charge is 0.309 e. The maximum absolute atomic E-state index is 12.5. The lowest BCUT2D eigenvalue weighted by Gasteiger charge is -2.30. The SMILES string of the molecule is CCOC(=O)C1CCN(C(=O)CSc2nnc(-c3ccc(OC)cc3OC)o2)CC1. The molecule has 9 nitrogen and oxygen atoms in total. The largest absolute Gasteiger partial charge is 0.497 e. The van der Waals surface area contributed by atoms with Gasteiger partial charge in [-0.1, -0.05) is 11.8 Å². The van der Waals surface area contributed by atoms with Crippen molar-refractivity contribution in [3.05, 3.63) is 18.2 Å². The van der Waals surface area contributed by atoms with Crippen LogP contribution in [0.2, 0.25) is 0 Å². The minimum atomic E-state index is -0.175. The van der Waals surface area contributed by atoms with Crippen LogP contribution in [0.4, 0.5) is 0 Å². The van der Waals surface area contributed by atoms with Gasteiger partial charge in [0.1, 0.15) is 11.5 Å². The maximum atomic E-state index is 12.5. The number of hydrogen-bond donors (Lipinski definition) is 0. The summed E-state index contributed by atoms with van der Waals surface area (Å²) >= 11 is 1.19. The average molecular weight is 436 g/mol. The summed E-state index contributed by atoms with van der Waals surface area (Å²) in [5, 5.41) is 8.37. The molecular formula is C20H25N3O6S. The predicted molar refractivity (Wildman–Crippen MR) is 109 cm³/mol. The Labute approximate surface area is 179 Å². The highest BCUT2D eigenvalue weighted by molar-refractivity contribution is 7.99. The first kappa shape index (κ1) is 21.9. The zero-order valence-electron chi connectivity index (χ0n) is 17.3. The van der Waals surface area contributed by atoms with Crippen LogP contribution in [0.5, 0.6) is 11.5 Å². The average Bonchev–Trinajstić information content (AvgIpc) is 3.26. The number of aromatic nitrogens is 2. The van der Waals surface area contributed by atoms with Crippen molar-refractivity contribution in [2.45, 2.75) is 25.0 Å². The van der Waals surface area contributed by atoms with E-state index >= 15 is 0 Å². The number of esters is 1. The van der Waals surface area contributed by atoms with Gasteiger partial charge in [0.05, 0.1) is 38.1 Å². The number of methoxy groups -OCH3 is 2. The summed E-state index contributed by atoms with van der Waals surface area (Å²) in [5.41, 5.74) is 0.644. The number of likely N-dealkylation sites (tertiary alicyclic amines) is 1. The molecule has 0 N–H and O–H groups in total. The zero-order valence-corrected chi connectivity index (χ0v) is 18.1. The lowest BCUT2D eigenvalue weighted by Crippen LogP contribution is -2.41. The Bertz CT molecular complexity index is 879. The van der Waals surface area contributed by atoms with Crippen LogP contribution in [0.25, 0.3) is 11.5 Å². The van der Waals surface area contributed by atoms with Gasteiger partial charge >= 0.3 is 5.97 Å². The van der Waals surface area contributed by atoms with Crippen LogP contribution in [0.1, 0.15) is 19.8 Å². The topological polar surface area (TPSA) is 104 Å². The van der Waals surface area contributed by atoms with Crippen molar-refractivity contribution in [1.29, 1.82) is 0 Å². The molecule has 1 aliphatic rings. The maximum Gasteiger partial charge on any atom is 0.309 e. The number of piperidine rings is 1. The summed E-state index contributed by atoms with van der Waals surface area (Å²) < 4.78 is 21.3. The van der Waals surface area contributed by atoms with Gasteiger partial charge in [-0.2, -0.15) is 0 Å². The number of rotatable bonds is 8. The van der Waals surface area contributed by atoms with E-state index in [1.54, 1.807) is 44.2 Å². The van der Waals surface area contributed by atoms with E-state index in [2.05, 4.69) is 10.2 Å². The molecule has 30 heavy (non-hydrogen) atoms. The van der Waals surface area contributed by atoms with Gasteiger partial charge in [-0.25, -0.2) is 0 Å². The second-order valence-electron chi connectivity index (χ2n) is 6.64. The molecule has 162 valence electrons. The molecule has 1 aromatic carbocycles.